The highest BCUT2D eigenvalue weighted by atomic mass is 16.5. The van der Waals surface area contributed by atoms with Gasteiger partial charge in [-0.15, -0.1) is 0 Å². The van der Waals surface area contributed by atoms with Gasteiger partial charge in [0.2, 0.25) is 0 Å². The van der Waals surface area contributed by atoms with Gasteiger partial charge in [-0.2, -0.15) is 0 Å². The van der Waals surface area contributed by atoms with Gasteiger partial charge in [-0.05, 0) is 49.4 Å². The number of hydrogen-bond donors (Lipinski definition) is 1. The number of benzene rings is 3. The number of nitrogens with one attached hydrogen (secondary N) is 1. The second-order valence-corrected chi connectivity index (χ2v) is 8.50. The van der Waals surface area contributed by atoms with E-state index in [-0.39, 0.29) is 5.78 Å². The van der Waals surface area contributed by atoms with Crippen molar-refractivity contribution in [3.63, 3.8) is 0 Å². The lowest BCUT2D eigenvalue weighted by molar-refractivity contribution is -0.119. The van der Waals surface area contributed by atoms with E-state index in [1.807, 2.05) is 30.3 Å². The molecule has 1 aliphatic rings. The Kier molecular flexibility index (Phi) is 6.35. The summed E-state index contributed by atoms with van der Waals surface area (Å²) in [6, 6.07) is 23.1. The predicted octanol–water partition coefficient (Wildman–Crippen LogP) is 5.14. The average Bonchev–Trinajstić information content (AvgIpc) is 2.90. The third-order valence-electron chi connectivity index (χ3n) is 6.19. The fraction of sp³-hybridized carbons (Fsp3) is 0.172. The Labute approximate surface area is 203 Å². The number of para-hydroxylation sites is 2. The van der Waals surface area contributed by atoms with Crippen LogP contribution in [-0.4, -0.2) is 29.3 Å². The molecule has 0 radical (unpaired) electrons. The molecule has 35 heavy (non-hydrogen) atoms. The first-order valence-corrected chi connectivity index (χ1v) is 11.7. The zero-order chi connectivity index (χ0) is 24.2. The van der Waals surface area contributed by atoms with E-state index in [9.17, 15) is 14.4 Å². The molecule has 1 amide bonds. The maximum Gasteiger partial charge on any atom is 0.339 e. The first-order valence-electron chi connectivity index (χ1n) is 11.7. The van der Waals surface area contributed by atoms with E-state index in [4.69, 9.17) is 9.72 Å². The molecule has 174 valence electrons. The van der Waals surface area contributed by atoms with Gasteiger partial charge in [-0.3, -0.25) is 14.6 Å². The Morgan fingerprint density at radius 2 is 1.54 bits per heavy atom. The number of carbonyl (C=O) groups is 3. The fourth-order valence-corrected chi connectivity index (χ4v) is 4.53. The van der Waals surface area contributed by atoms with E-state index in [1.54, 1.807) is 48.5 Å². The number of carbonyl (C=O) groups excluding carboxylic acids is 3. The van der Waals surface area contributed by atoms with Gasteiger partial charge in [0.1, 0.15) is 0 Å². The minimum atomic E-state index is -0.537. The maximum atomic E-state index is 13.2. The van der Waals surface area contributed by atoms with E-state index in [2.05, 4.69) is 5.32 Å². The van der Waals surface area contributed by atoms with Crippen molar-refractivity contribution < 1.29 is 19.1 Å². The minimum Gasteiger partial charge on any atom is -0.452 e. The Morgan fingerprint density at radius 1 is 0.829 bits per heavy atom. The third kappa shape index (κ3) is 4.68. The molecule has 1 N–H and O–H groups in total. The van der Waals surface area contributed by atoms with Crippen molar-refractivity contribution in [1.29, 1.82) is 0 Å². The van der Waals surface area contributed by atoms with Gasteiger partial charge in [0.25, 0.3) is 5.91 Å². The normalized spacial score (nSPS) is 12.6. The summed E-state index contributed by atoms with van der Waals surface area (Å²) in [5.41, 5.74) is 4.35. The SMILES string of the molecule is O=C(COC(=O)c1c2c(nc3ccccc13)CCCC2)Nc1ccccc1C(=O)c1ccccc1. The zero-order valence-electron chi connectivity index (χ0n) is 19.1. The zero-order valence-corrected chi connectivity index (χ0v) is 19.1. The smallest absolute Gasteiger partial charge is 0.339 e. The summed E-state index contributed by atoms with van der Waals surface area (Å²) < 4.78 is 5.46. The van der Waals surface area contributed by atoms with Gasteiger partial charge in [0.15, 0.2) is 12.4 Å². The predicted molar refractivity (Wildman–Crippen MR) is 134 cm³/mol. The molecular weight excluding hydrogens is 440 g/mol. The van der Waals surface area contributed by atoms with Gasteiger partial charge in [-0.1, -0.05) is 60.7 Å². The lowest BCUT2D eigenvalue weighted by Gasteiger charge is -2.20. The van der Waals surface area contributed by atoms with E-state index >= 15 is 0 Å². The number of nitrogens with zero attached hydrogens (tertiary/aromatic N) is 1. The van der Waals surface area contributed by atoms with Crippen LogP contribution in [0, 0.1) is 0 Å². The van der Waals surface area contributed by atoms with Gasteiger partial charge < -0.3 is 10.1 Å². The van der Waals surface area contributed by atoms with E-state index in [0.29, 0.717) is 22.4 Å². The second kappa shape index (κ2) is 9.89. The van der Waals surface area contributed by atoms with Crippen molar-refractivity contribution in [2.24, 2.45) is 0 Å². The van der Waals surface area contributed by atoms with Crippen molar-refractivity contribution in [1.82, 2.24) is 4.98 Å². The molecule has 1 heterocycles. The molecule has 0 aliphatic heterocycles. The van der Waals surface area contributed by atoms with Gasteiger partial charge in [-0.25, -0.2) is 4.79 Å². The highest BCUT2D eigenvalue weighted by Gasteiger charge is 2.24. The monoisotopic (exact) mass is 464 g/mol. The number of anilines is 1. The first-order chi connectivity index (χ1) is 17.1. The minimum absolute atomic E-state index is 0.201. The molecule has 0 bridgehead atoms. The molecule has 6 heteroatoms. The molecule has 5 rings (SSSR count). The van der Waals surface area contributed by atoms with E-state index in [1.165, 1.54) is 0 Å². The Hall–Kier alpha value is -4.32. The number of aryl methyl sites for hydroxylation is 1. The number of fused-ring (bicyclic) bond motifs is 2. The second-order valence-electron chi connectivity index (χ2n) is 8.50. The van der Waals surface area contributed by atoms with Crippen molar-refractivity contribution in [3.05, 3.63) is 107 Å². The highest BCUT2D eigenvalue weighted by molar-refractivity contribution is 6.14. The molecule has 0 atom stereocenters. The number of pyridine rings is 1. The molecule has 3 aromatic carbocycles. The van der Waals surface area contributed by atoms with Crippen molar-refractivity contribution in [2.75, 3.05) is 11.9 Å². The quantitative estimate of drug-likeness (QED) is 0.315. The summed E-state index contributed by atoms with van der Waals surface area (Å²) in [6.45, 7) is -0.460. The first kappa shape index (κ1) is 22.5. The van der Waals surface area contributed by atoms with Crippen LogP contribution >= 0.6 is 0 Å². The molecule has 0 unspecified atom stereocenters. The van der Waals surface area contributed by atoms with Gasteiger partial charge >= 0.3 is 5.97 Å². The summed E-state index contributed by atoms with van der Waals surface area (Å²) in [7, 11) is 0. The maximum absolute atomic E-state index is 13.2. The van der Waals surface area contributed by atoms with Gasteiger partial charge in [0, 0.05) is 22.2 Å². The van der Waals surface area contributed by atoms with Crippen LogP contribution < -0.4 is 5.32 Å². The lowest BCUT2D eigenvalue weighted by Crippen LogP contribution is -2.23. The van der Waals surface area contributed by atoms with Crippen LogP contribution in [0.2, 0.25) is 0 Å². The Bertz CT molecular complexity index is 1430. The van der Waals surface area contributed by atoms with Crippen LogP contribution in [0.3, 0.4) is 0 Å². The van der Waals surface area contributed by atoms with Crippen LogP contribution in [0.25, 0.3) is 10.9 Å². The Balaban J connectivity index is 1.33. The molecule has 0 saturated carbocycles. The van der Waals surface area contributed by atoms with Crippen LogP contribution in [-0.2, 0) is 22.4 Å². The number of hydrogen-bond acceptors (Lipinski definition) is 5. The molecule has 0 saturated heterocycles. The summed E-state index contributed by atoms with van der Waals surface area (Å²) in [5, 5.41) is 3.45. The topological polar surface area (TPSA) is 85.4 Å². The molecular formula is C29H24N2O4. The number of ketones is 1. The summed E-state index contributed by atoms with van der Waals surface area (Å²) in [5.74, 6) is -1.25. The average molecular weight is 465 g/mol. The third-order valence-corrected chi connectivity index (χ3v) is 6.19. The van der Waals surface area contributed by atoms with Crippen molar-refractivity contribution in [3.8, 4) is 0 Å². The summed E-state index contributed by atoms with van der Waals surface area (Å²) in [6.07, 6.45) is 3.61. The molecule has 0 fully saturated rings. The van der Waals surface area contributed by atoms with Crippen LogP contribution in [0.4, 0.5) is 5.69 Å². The molecule has 4 aromatic rings. The Morgan fingerprint density at radius 3 is 2.40 bits per heavy atom. The molecule has 0 spiro atoms. The molecule has 6 nitrogen and oxygen atoms in total. The number of esters is 1. The number of aromatic nitrogens is 1. The van der Waals surface area contributed by atoms with E-state index in [0.717, 1.165) is 47.8 Å². The van der Waals surface area contributed by atoms with Crippen molar-refractivity contribution in [2.45, 2.75) is 25.7 Å². The van der Waals surface area contributed by atoms with E-state index < -0.39 is 18.5 Å². The largest absolute Gasteiger partial charge is 0.452 e. The van der Waals surface area contributed by atoms with Crippen LogP contribution in [0.15, 0.2) is 78.9 Å². The number of amides is 1. The summed E-state index contributed by atoms with van der Waals surface area (Å²) >= 11 is 0. The van der Waals surface area contributed by atoms with Gasteiger partial charge in [0.05, 0.1) is 16.8 Å². The standard InChI is InChI=1S/C29H24N2O4/c32-26(31-25-17-9-6-14-22(25)28(33)19-10-2-1-3-11-19)18-35-29(34)27-20-12-4-7-15-23(20)30-24-16-8-5-13-21(24)27/h1-4,6-7,9-12,14-15,17H,5,8,13,16,18H2,(H,31,32). The summed E-state index contributed by atoms with van der Waals surface area (Å²) in [4.78, 5) is 43.5. The number of ether oxygens (including phenoxy) is 1. The highest BCUT2D eigenvalue weighted by Crippen LogP contribution is 2.30. The number of rotatable bonds is 6. The molecule has 1 aromatic heterocycles. The van der Waals surface area contributed by atoms with Crippen molar-refractivity contribution >= 4 is 34.3 Å². The fourth-order valence-electron chi connectivity index (χ4n) is 4.53. The van der Waals surface area contributed by atoms with Crippen LogP contribution in [0.1, 0.15) is 50.4 Å². The molecule has 1 aliphatic carbocycles. The van der Waals surface area contributed by atoms with Crippen LogP contribution in [0.5, 0.6) is 0 Å². The lowest BCUT2D eigenvalue weighted by atomic mass is 9.90.